The number of aryl methyl sites for hydroxylation is 1. The minimum atomic E-state index is -3.90. The number of nitriles is 1. The highest BCUT2D eigenvalue weighted by Gasteiger charge is 2.33. The minimum absolute atomic E-state index is 0.0183. The Morgan fingerprint density at radius 2 is 1.78 bits per heavy atom. The molecule has 1 N–H and O–H groups in total. The number of nitrogens with one attached hydrogen (secondary N) is 1. The highest BCUT2D eigenvalue weighted by molar-refractivity contribution is 7.86. The van der Waals surface area contributed by atoms with Crippen molar-refractivity contribution in [3.8, 4) is 29.1 Å². The second kappa shape index (κ2) is 14.2. The quantitative estimate of drug-likeness (QED) is 0.163. The number of ketones is 1. The fourth-order valence-corrected chi connectivity index (χ4v) is 4.98. The number of carbonyl (C=O) groups is 1. The Labute approximate surface area is 240 Å². The molecule has 1 aliphatic heterocycles. The number of hydrogen-bond donors (Lipinski definition) is 1. The van der Waals surface area contributed by atoms with Gasteiger partial charge in [0.2, 0.25) is 0 Å². The number of Topliss-reactive ketones (excluding diaryl/α,β-unsaturated/α-hetero) is 1. The number of benzene rings is 2. The largest absolute Gasteiger partial charge is 0.490 e. The Balaban J connectivity index is 1.95. The number of carbonyl (C=O) groups excluding carboxylic acids is 1. The van der Waals surface area contributed by atoms with Gasteiger partial charge in [-0.1, -0.05) is 13.3 Å². The number of unbranched alkanes of at least 4 members (excludes halogenated alkanes) is 2. The summed E-state index contributed by atoms with van der Waals surface area (Å²) in [5, 5.41) is 17.5. The van der Waals surface area contributed by atoms with E-state index in [1.165, 1.54) is 11.0 Å². The molecule has 0 bridgehead atoms. The summed E-state index contributed by atoms with van der Waals surface area (Å²) in [7, 11) is -3.90. The summed E-state index contributed by atoms with van der Waals surface area (Å²) < 4.78 is 61.6. The number of amidine groups is 1. The summed E-state index contributed by atoms with van der Waals surface area (Å²) in [5.74, 6) is -0.943. The standard InChI is InChI=1S/C29H36FN3O7S/c1-5-8-11-19-14-20(15-23(39-13-10-9-12-31)27(19)40-41(4,35)36)22(34)18-33-17-21-16-24(37-6-2)28(38-7-3)26(30)25(21)29(33)32/h14-16,32H,5-11,13,17-18H2,1-4H3. The molecule has 0 aliphatic carbocycles. The van der Waals surface area contributed by atoms with Gasteiger partial charge >= 0.3 is 10.1 Å². The van der Waals surface area contributed by atoms with E-state index in [2.05, 4.69) is 0 Å². The van der Waals surface area contributed by atoms with Crippen molar-refractivity contribution in [3.05, 3.63) is 46.3 Å². The molecule has 12 heteroatoms. The average molecular weight is 590 g/mol. The van der Waals surface area contributed by atoms with Crippen LogP contribution < -0.4 is 18.4 Å². The van der Waals surface area contributed by atoms with E-state index in [1.807, 2.05) is 13.0 Å². The van der Waals surface area contributed by atoms with Crippen molar-refractivity contribution >= 4 is 21.7 Å². The van der Waals surface area contributed by atoms with Crippen LogP contribution in [-0.2, 0) is 23.1 Å². The van der Waals surface area contributed by atoms with Crippen molar-refractivity contribution in [1.82, 2.24) is 4.90 Å². The SMILES string of the molecule is CCCCc1cc(C(=O)CN2Cc3cc(OCC)c(OCC)c(F)c3C2=N)cc(OCCCC#N)c1OS(C)(=O)=O. The van der Waals surface area contributed by atoms with Crippen molar-refractivity contribution < 1.29 is 36.0 Å². The van der Waals surface area contributed by atoms with Crippen LogP contribution >= 0.6 is 0 Å². The fraction of sp³-hybridized carbons (Fsp3) is 0.483. The first-order valence-corrected chi connectivity index (χ1v) is 15.4. The van der Waals surface area contributed by atoms with Crippen molar-refractivity contribution in [1.29, 1.82) is 10.7 Å². The van der Waals surface area contributed by atoms with E-state index in [4.69, 9.17) is 29.1 Å². The number of halogens is 1. The fourth-order valence-electron chi connectivity index (χ4n) is 4.48. The molecule has 0 radical (unpaired) electrons. The molecular weight excluding hydrogens is 553 g/mol. The van der Waals surface area contributed by atoms with Crippen molar-refractivity contribution in [2.45, 2.75) is 59.4 Å². The topological polar surface area (TPSA) is 139 Å². The van der Waals surface area contributed by atoms with Crippen LogP contribution in [0.3, 0.4) is 0 Å². The van der Waals surface area contributed by atoms with Gasteiger partial charge in [0.1, 0.15) is 5.84 Å². The van der Waals surface area contributed by atoms with Crippen LogP contribution in [-0.4, -0.2) is 57.6 Å². The maximum atomic E-state index is 15.4. The second-order valence-electron chi connectivity index (χ2n) is 9.51. The van der Waals surface area contributed by atoms with E-state index >= 15 is 4.39 Å². The van der Waals surface area contributed by atoms with E-state index in [-0.39, 0.29) is 78.5 Å². The number of nitrogens with zero attached hydrogens (tertiary/aromatic N) is 2. The van der Waals surface area contributed by atoms with Crippen LogP contribution in [0.4, 0.5) is 4.39 Å². The molecule has 0 fully saturated rings. The predicted molar refractivity (Wildman–Crippen MR) is 151 cm³/mol. The first kappa shape index (κ1) is 31.7. The van der Waals surface area contributed by atoms with Crippen LogP contribution in [0.25, 0.3) is 0 Å². The average Bonchev–Trinajstić information content (AvgIpc) is 3.22. The molecule has 1 heterocycles. The van der Waals surface area contributed by atoms with Gasteiger partial charge in [0.05, 0.1) is 44.3 Å². The minimum Gasteiger partial charge on any atom is -0.490 e. The molecule has 41 heavy (non-hydrogen) atoms. The van der Waals surface area contributed by atoms with Crippen LogP contribution in [0.15, 0.2) is 18.2 Å². The summed E-state index contributed by atoms with van der Waals surface area (Å²) >= 11 is 0. The molecule has 0 saturated carbocycles. The lowest BCUT2D eigenvalue weighted by Crippen LogP contribution is -2.30. The summed E-state index contributed by atoms with van der Waals surface area (Å²) in [6.45, 7) is 6.01. The van der Waals surface area contributed by atoms with Gasteiger partial charge in [0, 0.05) is 24.1 Å². The van der Waals surface area contributed by atoms with Crippen LogP contribution in [0.1, 0.15) is 73.5 Å². The van der Waals surface area contributed by atoms with E-state index in [1.54, 1.807) is 26.0 Å². The molecule has 0 atom stereocenters. The van der Waals surface area contributed by atoms with Gasteiger partial charge in [-0.2, -0.15) is 13.7 Å². The third-order valence-electron chi connectivity index (χ3n) is 6.28. The number of hydrogen-bond acceptors (Lipinski definition) is 9. The maximum Gasteiger partial charge on any atom is 0.306 e. The molecule has 1 aliphatic rings. The van der Waals surface area contributed by atoms with Gasteiger partial charge in [0.25, 0.3) is 0 Å². The predicted octanol–water partition coefficient (Wildman–Crippen LogP) is 5.01. The van der Waals surface area contributed by atoms with Crippen LogP contribution in [0, 0.1) is 22.6 Å². The lowest BCUT2D eigenvalue weighted by Gasteiger charge is -2.19. The molecular formula is C29H36FN3O7S. The Kier molecular flexibility index (Phi) is 10.9. The van der Waals surface area contributed by atoms with Gasteiger partial charge in [0.15, 0.2) is 34.6 Å². The maximum absolute atomic E-state index is 15.4. The molecule has 2 aromatic carbocycles. The zero-order valence-electron chi connectivity index (χ0n) is 23.8. The summed E-state index contributed by atoms with van der Waals surface area (Å²) in [6, 6.07) is 6.65. The van der Waals surface area contributed by atoms with Crippen LogP contribution in [0.2, 0.25) is 0 Å². The molecule has 222 valence electrons. The third-order valence-corrected chi connectivity index (χ3v) is 6.75. The first-order chi connectivity index (χ1) is 19.5. The molecule has 0 spiro atoms. The van der Waals surface area contributed by atoms with Gasteiger partial charge in [-0.15, -0.1) is 0 Å². The second-order valence-corrected chi connectivity index (χ2v) is 11.1. The normalized spacial score (nSPS) is 12.6. The summed E-state index contributed by atoms with van der Waals surface area (Å²) in [6.07, 6.45) is 3.54. The van der Waals surface area contributed by atoms with Gasteiger partial charge < -0.3 is 23.3 Å². The zero-order chi connectivity index (χ0) is 30.2. The number of fused-ring (bicyclic) bond motifs is 1. The lowest BCUT2D eigenvalue weighted by molar-refractivity contribution is 0.0962. The Bertz CT molecular complexity index is 1440. The molecule has 0 amide bonds. The summed E-state index contributed by atoms with van der Waals surface area (Å²) in [4.78, 5) is 15.0. The third kappa shape index (κ3) is 7.88. The Hall–Kier alpha value is -3.85. The highest BCUT2D eigenvalue weighted by Crippen LogP contribution is 2.40. The van der Waals surface area contributed by atoms with Gasteiger partial charge in [-0.05, 0) is 56.9 Å². The van der Waals surface area contributed by atoms with E-state index in [9.17, 15) is 13.2 Å². The Morgan fingerprint density at radius 1 is 1.07 bits per heavy atom. The zero-order valence-corrected chi connectivity index (χ0v) is 24.7. The van der Waals surface area contributed by atoms with E-state index < -0.39 is 15.9 Å². The van der Waals surface area contributed by atoms with E-state index in [0.29, 0.717) is 37.0 Å². The van der Waals surface area contributed by atoms with Crippen LogP contribution in [0.5, 0.6) is 23.0 Å². The van der Waals surface area contributed by atoms with Crippen molar-refractivity contribution in [2.75, 3.05) is 32.6 Å². The Morgan fingerprint density at radius 3 is 2.41 bits per heavy atom. The molecule has 0 unspecified atom stereocenters. The smallest absolute Gasteiger partial charge is 0.306 e. The number of rotatable bonds is 16. The molecule has 2 aromatic rings. The highest BCUT2D eigenvalue weighted by atomic mass is 32.2. The first-order valence-electron chi connectivity index (χ1n) is 13.6. The molecule has 10 nitrogen and oxygen atoms in total. The molecule has 0 aromatic heterocycles. The van der Waals surface area contributed by atoms with Gasteiger partial charge in [-0.3, -0.25) is 10.2 Å². The van der Waals surface area contributed by atoms with Gasteiger partial charge in [-0.25, -0.2) is 4.39 Å². The summed E-state index contributed by atoms with van der Waals surface area (Å²) in [5.41, 5.74) is 1.30. The lowest BCUT2D eigenvalue weighted by atomic mass is 10.0. The monoisotopic (exact) mass is 589 g/mol. The van der Waals surface area contributed by atoms with E-state index in [0.717, 1.165) is 12.7 Å². The molecule has 3 rings (SSSR count). The van der Waals surface area contributed by atoms with Crippen molar-refractivity contribution in [2.24, 2.45) is 0 Å². The van der Waals surface area contributed by atoms with Crippen molar-refractivity contribution in [3.63, 3.8) is 0 Å². The molecule has 0 saturated heterocycles. The number of ether oxygens (including phenoxy) is 3.